The van der Waals surface area contributed by atoms with Crippen LogP contribution in [0, 0.1) is 5.41 Å². The predicted molar refractivity (Wildman–Crippen MR) is 94.9 cm³/mol. The largest absolute Gasteiger partial charge is 0.396 e. The third kappa shape index (κ3) is 3.64. The van der Waals surface area contributed by atoms with Crippen LogP contribution in [0.4, 0.5) is 0 Å². The van der Waals surface area contributed by atoms with Crippen molar-refractivity contribution in [2.24, 2.45) is 12.5 Å². The Morgan fingerprint density at radius 2 is 2.17 bits per heavy atom. The molecule has 1 aromatic heterocycles. The second kappa shape index (κ2) is 7.66. The van der Waals surface area contributed by atoms with Crippen LogP contribution in [0.25, 0.3) is 11.3 Å². The average molecular weight is 350 g/mol. The molecule has 2 aromatic rings. The summed E-state index contributed by atoms with van der Waals surface area (Å²) in [7, 11) is 1.86. The number of aromatic nitrogens is 2. The Hall–Kier alpha value is -1.40. The first-order valence-corrected chi connectivity index (χ1v) is 8.69. The van der Waals surface area contributed by atoms with Crippen molar-refractivity contribution in [1.82, 2.24) is 15.1 Å². The Labute approximate surface area is 147 Å². The van der Waals surface area contributed by atoms with Crippen molar-refractivity contribution in [3.05, 3.63) is 41.0 Å². The van der Waals surface area contributed by atoms with E-state index in [-0.39, 0.29) is 12.0 Å². The molecule has 24 heavy (non-hydrogen) atoms. The van der Waals surface area contributed by atoms with Gasteiger partial charge in [0.2, 0.25) is 0 Å². The highest BCUT2D eigenvalue weighted by Crippen LogP contribution is 2.32. The zero-order valence-corrected chi connectivity index (χ0v) is 14.7. The normalized spacial score (nSPS) is 20.6. The number of benzene rings is 1. The van der Waals surface area contributed by atoms with Crippen LogP contribution in [0.2, 0.25) is 5.15 Å². The second-order valence-corrected chi connectivity index (χ2v) is 6.85. The van der Waals surface area contributed by atoms with Crippen LogP contribution < -0.4 is 5.32 Å². The molecule has 0 aliphatic carbocycles. The van der Waals surface area contributed by atoms with Gasteiger partial charge in [-0.05, 0) is 12.8 Å². The van der Waals surface area contributed by atoms with E-state index in [1.807, 2.05) is 37.4 Å². The Bertz CT molecular complexity index is 666. The Kier molecular flexibility index (Phi) is 5.56. The van der Waals surface area contributed by atoms with Gasteiger partial charge >= 0.3 is 0 Å². The van der Waals surface area contributed by atoms with Gasteiger partial charge in [0.1, 0.15) is 5.15 Å². The first kappa shape index (κ1) is 17.4. The van der Waals surface area contributed by atoms with E-state index in [1.165, 1.54) is 0 Å². The minimum atomic E-state index is 0.0242. The fraction of sp³-hybridized carbons (Fsp3) is 0.500. The first-order chi connectivity index (χ1) is 11.7. The Balaban J connectivity index is 1.73. The number of hydrogen-bond donors (Lipinski definition) is 2. The summed E-state index contributed by atoms with van der Waals surface area (Å²) in [4.78, 5) is 0. The predicted octanol–water partition coefficient (Wildman–Crippen LogP) is 2.62. The minimum absolute atomic E-state index is 0.0242. The summed E-state index contributed by atoms with van der Waals surface area (Å²) >= 11 is 6.45. The van der Waals surface area contributed by atoms with E-state index in [0.717, 1.165) is 42.8 Å². The van der Waals surface area contributed by atoms with Crippen LogP contribution in [0.3, 0.4) is 0 Å². The summed E-state index contributed by atoms with van der Waals surface area (Å²) in [5.74, 6) is 0. The SMILES string of the molecule is Cn1nc(-c2ccccc2)c(CNCC2(CCO)CCOC2)c1Cl. The molecule has 1 aliphatic rings. The molecule has 0 bridgehead atoms. The van der Waals surface area contributed by atoms with Gasteiger partial charge in [0.25, 0.3) is 0 Å². The van der Waals surface area contributed by atoms with Gasteiger partial charge < -0.3 is 15.2 Å². The summed E-state index contributed by atoms with van der Waals surface area (Å²) in [5.41, 5.74) is 3.00. The van der Waals surface area contributed by atoms with Gasteiger partial charge in [-0.25, -0.2) is 0 Å². The van der Waals surface area contributed by atoms with E-state index in [0.29, 0.717) is 18.3 Å². The lowest BCUT2D eigenvalue weighted by Crippen LogP contribution is -2.35. The zero-order chi connectivity index (χ0) is 17.0. The van der Waals surface area contributed by atoms with Gasteiger partial charge in [0.15, 0.2) is 0 Å². The van der Waals surface area contributed by atoms with Crippen LogP contribution in [-0.2, 0) is 18.3 Å². The highest BCUT2D eigenvalue weighted by molar-refractivity contribution is 6.30. The third-order valence-corrected chi connectivity index (χ3v) is 5.22. The molecule has 6 heteroatoms. The van der Waals surface area contributed by atoms with Crippen LogP contribution in [0.5, 0.6) is 0 Å². The highest BCUT2D eigenvalue weighted by atomic mass is 35.5. The third-order valence-electron chi connectivity index (χ3n) is 4.75. The lowest BCUT2D eigenvalue weighted by atomic mass is 9.84. The molecule has 130 valence electrons. The number of ether oxygens (including phenoxy) is 1. The number of nitrogens with one attached hydrogen (secondary N) is 1. The van der Waals surface area contributed by atoms with Crippen LogP contribution in [-0.4, -0.2) is 41.3 Å². The molecule has 1 saturated heterocycles. The van der Waals surface area contributed by atoms with Crippen LogP contribution >= 0.6 is 11.6 Å². The second-order valence-electron chi connectivity index (χ2n) is 6.49. The lowest BCUT2D eigenvalue weighted by molar-refractivity contribution is 0.124. The van der Waals surface area contributed by atoms with E-state index in [1.54, 1.807) is 4.68 Å². The number of aliphatic hydroxyl groups excluding tert-OH is 1. The van der Waals surface area contributed by atoms with Gasteiger partial charge in [-0.15, -0.1) is 0 Å². The van der Waals surface area contributed by atoms with Crippen molar-refractivity contribution in [2.45, 2.75) is 19.4 Å². The zero-order valence-electron chi connectivity index (χ0n) is 14.0. The van der Waals surface area contributed by atoms with Gasteiger partial charge in [-0.3, -0.25) is 4.68 Å². The quantitative estimate of drug-likeness (QED) is 0.806. The van der Waals surface area contributed by atoms with Crippen LogP contribution in [0.1, 0.15) is 18.4 Å². The summed E-state index contributed by atoms with van der Waals surface area (Å²) < 4.78 is 7.25. The van der Waals surface area contributed by atoms with Gasteiger partial charge in [0, 0.05) is 49.9 Å². The number of aryl methyl sites for hydroxylation is 1. The molecule has 1 unspecified atom stereocenters. The van der Waals surface area contributed by atoms with Gasteiger partial charge in [0.05, 0.1) is 12.3 Å². The topological polar surface area (TPSA) is 59.3 Å². The number of aliphatic hydroxyl groups is 1. The molecule has 0 amide bonds. The van der Waals surface area contributed by atoms with E-state index < -0.39 is 0 Å². The number of halogens is 1. The maximum absolute atomic E-state index is 9.33. The number of hydrogen-bond acceptors (Lipinski definition) is 4. The molecule has 5 nitrogen and oxygen atoms in total. The Morgan fingerprint density at radius 1 is 1.38 bits per heavy atom. The van der Waals surface area contributed by atoms with E-state index in [9.17, 15) is 5.11 Å². The van der Waals surface area contributed by atoms with Crippen molar-refractivity contribution in [1.29, 1.82) is 0 Å². The molecule has 1 aliphatic heterocycles. The molecular weight excluding hydrogens is 326 g/mol. The fourth-order valence-electron chi connectivity index (χ4n) is 3.30. The summed E-state index contributed by atoms with van der Waals surface area (Å²) in [6, 6.07) is 10.1. The molecule has 2 heterocycles. The van der Waals surface area contributed by atoms with Crippen molar-refractivity contribution in [2.75, 3.05) is 26.4 Å². The van der Waals surface area contributed by atoms with Crippen molar-refractivity contribution in [3.63, 3.8) is 0 Å². The Morgan fingerprint density at radius 3 is 2.83 bits per heavy atom. The van der Waals surface area contributed by atoms with Crippen molar-refractivity contribution < 1.29 is 9.84 Å². The molecule has 1 fully saturated rings. The first-order valence-electron chi connectivity index (χ1n) is 8.31. The van der Waals surface area contributed by atoms with Gasteiger partial charge in [-0.2, -0.15) is 5.10 Å². The van der Waals surface area contributed by atoms with E-state index >= 15 is 0 Å². The summed E-state index contributed by atoms with van der Waals surface area (Å²) in [6.45, 7) is 3.10. The van der Waals surface area contributed by atoms with E-state index in [2.05, 4.69) is 10.4 Å². The molecule has 1 aromatic carbocycles. The number of nitrogens with zero attached hydrogens (tertiary/aromatic N) is 2. The van der Waals surface area contributed by atoms with E-state index in [4.69, 9.17) is 16.3 Å². The fourth-order valence-corrected chi connectivity index (χ4v) is 3.49. The molecule has 0 radical (unpaired) electrons. The smallest absolute Gasteiger partial charge is 0.131 e. The molecule has 0 saturated carbocycles. The van der Waals surface area contributed by atoms with Crippen molar-refractivity contribution >= 4 is 11.6 Å². The maximum atomic E-state index is 9.33. The monoisotopic (exact) mass is 349 g/mol. The molecule has 3 rings (SSSR count). The standard InChI is InChI=1S/C18H24ClN3O2/c1-22-17(19)15(16(21-22)14-5-3-2-4-6-14)11-20-12-18(7-9-23)8-10-24-13-18/h2-6,20,23H,7-13H2,1H3. The highest BCUT2D eigenvalue weighted by Gasteiger charge is 2.34. The van der Waals surface area contributed by atoms with Crippen LogP contribution in [0.15, 0.2) is 30.3 Å². The number of rotatable bonds is 7. The molecular formula is C18H24ClN3O2. The van der Waals surface area contributed by atoms with Gasteiger partial charge in [-0.1, -0.05) is 41.9 Å². The molecule has 2 N–H and O–H groups in total. The average Bonchev–Trinajstić information content (AvgIpc) is 3.16. The lowest BCUT2D eigenvalue weighted by Gasteiger charge is -2.26. The summed E-state index contributed by atoms with van der Waals surface area (Å²) in [5, 5.41) is 18.1. The minimum Gasteiger partial charge on any atom is -0.396 e. The van der Waals surface area contributed by atoms with Crippen molar-refractivity contribution in [3.8, 4) is 11.3 Å². The summed E-state index contributed by atoms with van der Waals surface area (Å²) in [6.07, 6.45) is 1.74. The maximum Gasteiger partial charge on any atom is 0.131 e. The molecule has 0 spiro atoms. The molecule has 1 atom stereocenters.